The topological polar surface area (TPSA) is 12.0 Å². The number of benzene rings is 1. The van der Waals surface area contributed by atoms with E-state index in [1.54, 1.807) is 6.07 Å². The zero-order valence-corrected chi connectivity index (χ0v) is 7.24. The molecule has 1 aromatic rings. The molecule has 1 aliphatic heterocycles. The van der Waals surface area contributed by atoms with Crippen molar-refractivity contribution in [2.75, 3.05) is 11.9 Å². The summed E-state index contributed by atoms with van der Waals surface area (Å²) < 4.78 is 12.9. The first kappa shape index (κ1) is 7.87. The molecule has 0 fully saturated rings. The molecule has 12 heavy (non-hydrogen) atoms. The summed E-state index contributed by atoms with van der Waals surface area (Å²) in [7, 11) is 0. The van der Waals surface area contributed by atoms with Gasteiger partial charge in [0.2, 0.25) is 0 Å². The Morgan fingerprint density at radius 1 is 1.50 bits per heavy atom. The Hall–Kier alpha value is -0.760. The summed E-state index contributed by atoms with van der Waals surface area (Å²) in [6.45, 7) is 0.396. The Balaban J connectivity index is 2.37. The van der Waals surface area contributed by atoms with Crippen molar-refractivity contribution in [1.29, 1.82) is 0 Å². The minimum atomic E-state index is -0.765. The van der Waals surface area contributed by atoms with Gasteiger partial charge in [-0.05, 0) is 17.7 Å². The van der Waals surface area contributed by atoms with Crippen molar-refractivity contribution in [3.8, 4) is 0 Å². The lowest BCUT2D eigenvalue weighted by atomic mass is 10.0. The number of anilines is 1. The fraction of sp³-hybridized carbons (Fsp3) is 0.333. The van der Waals surface area contributed by atoms with E-state index in [2.05, 4.69) is 5.32 Å². The van der Waals surface area contributed by atoms with Crippen molar-refractivity contribution < 1.29 is 4.39 Å². The SMILES string of the molecule is FC1CNc2cc(Cl)ccc2C1. The Labute approximate surface area is 75.5 Å². The summed E-state index contributed by atoms with van der Waals surface area (Å²) in [5.41, 5.74) is 1.98. The standard InChI is InChI=1S/C9H9ClFN/c10-7-2-1-6-3-8(11)5-12-9(6)4-7/h1-2,4,8,12H,3,5H2. The highest BCUT2D eigenvalue weighted by atomic mass is 35.5. The second kappa shape index (κ2) is 2.94. The Morgan fingerprint density at radius 3 is 3.17 bits per heavy atom. The molecular formula is C9H9ClFN. The van der Waals surface area contributed by atoms with Gasteiger partial charge in [0, 0.05) is 23.7 Å². The van der Waals surface area contributed by atoms with Gasteiger partial charge in [0.25, 0.3) is 0 Å². The maximum Gasteiger partial charge on any atom is 0.121 e. The second-order valence-corrected chi connectivity index (χ2v) is 3.42. The minimum Gasteiger partial charge on any atom is -0.382 e. The summed E-state index contributed by atoms with van der Waals surface area (Å²) in [4.78, 5) is 0. The van der Waals surface area contributed by atoms with Gasteiger partial charge in [0.15, 0.2) is 0 Å². The summed E-state index contributed by atoms with van der Waals surface area (Å²) in [5.74, 6) is 0. The molecule has 0 amide bonds. The number of halogens is 2. The van der Waals surface area contributed by atoms with Crippen molar-refractivity contribution in [3.63, 3.8) is 0 Å². The van der Waals surface area contributed by atoms with Crippen LogP contribution in [0.2, 0.25) is 5.02 Å². The molecule has 1 N–H and O–H groups in total. The highest BCUT2D eigenvalue weighted by molar-refractivity contribution is 6.30. The first-order chi connectivity index (χ1) is 5.75. The highest BCUT2D eigenvalue weighted by Gasteiger charge is 2.16. The lowest BCUT2D eigenvalue weighted by molar-refractivity contribution is 0.342. The molecule has 0 saturated carbocycles. The number of hydrogen-bond donors (Lipinski definition) is 1. The van der Waals surface area contributed by atoms with Gasteiger partial charge in [-0.3, -0.25) is 0 Å². The summed E-state index contributed by atoms with van der Waals surface area (Å²) in [6.07, 6.45) is -0.266. The first-order valence-electron chi connectivity index (χ1n) is 3.92. The molecule has 64 valence electrons. The van der Waals surface area contributed by atoms with Crippen LogP contribution in [0.5, 0.6) is 0 Å². The lowest BCUT2D eigenvalue weighted by Crippen LogP contribution is -2.23. The Kier molecular flexibility index (Phi) is 1.93. The quantitative estimate of drug-likeness (QED) is 0.655. The van der Waals surface area contributed by atoms with E-state index in [0.717, 1.165) is 11.3 Å². The van der Waals surface area contributed by atoms with Crippen molar-refractivity contribution in [2.45, 2.75) is 12.6 Å². The number of hydrogen-bond acceptors (Lipinski definition) is 1. The molecule has 1 aliphatic rings. The first-order valence-corrected chi connectivity index (χ1v) is 4.30. The van der Waals surface area contributed by atoms with Crippen LogP contribution in [0.4, 0.5) is 10.1 Å². The van der Waals surface area contributed by atoms with E-state index in [4.69, 9.17) is 11.6 Å². The van der Waals surface area contributed by atoms with E-state index in [1.807, 2.05) is 12.1 Å². The van der Waals surface area contributed by atoms with Crippen LogP contribution in [-0.4, -0.2) is 12.7 Å². The Morgan fingerprint density at radius 2 is 2.33 bits per heavy atom. The normalized spacial score (nSPS) is 21.3. The van der Waals surface area contributed by atoms with E-state index in [9.17, 15) is 4.39 Å². The van der Waals surface area contributed by atoms with Crippen molar-refractivity contribution >= 4 is 17.3 Å². The molecule has 0 bridgehead atoms. The molecule has 3 heteroatoms. The van der Waals surface area contributed by atoms with E-state index in [-0.39, 0.29) is 0 Å². The molecule has 0 aliphatic carbocycles. The summed E-state index contributed by atoms with van der Waals surface area (Å²) >= 11 is 5.78. The number of rotatable bonds is 0. The number of nitrogens with one attached hydrogen (secondary N) is 1. The molecular weight excluding hydrogens is 177 g/mol. The predicted molar refractivity (Wildman–Crippen MR) is 48.5 cm³/mol. The van der Waals surface area contributed by atoms with Gasteiger partial charge in [0.1, 0.15) is 6.17 Å². The molecule has 0 aromatic heterocycles. The molecule has 1 aromatic carbocycles. The van der Waals surface area contributed by atoms with E-state index >= 15 is 0 Å². The van der Waals surface area contributed by atoms with Crippen LogP contribution >= 0.6 is 11.6 Å². The third-order valence-electron chi connectivity index (χ3n) is 2.03. The fourth-order valence-corrected chi connectivity index (χ4v) is 1.59. The molecule has 2 rings (SSSR count). The molecule has 1 unspecified atom stereocenters. The van der Waals surface area contributed by atoms with Gasteiger partial charge in [-0.15, -0.1) is 0 Å². The van der Waals surface area contributed by atoms with Crippen molar-refractivity contribution in [1.82, 2.24) is 0 Å². The van der Waals surface area contributed by atoms with Crippen LogP contribution < -0.4 is 5.32 Å². The lowest BCUT2D eigenvalue weighted by Gasteiger charge is -2.20. The number of alkyl halides is 1. The average Bonchev–Trinajstić information content (AvgIpc) is 2.05. The Bertz CT molecular complexity index is 301. The zero-order chi connectivity index (χ0) is 8.55. The molecule has 1 atom stereocenters. The highest BCUT2D eigenvalue weighted by Crippen LogP contribution is 2.26. The third-order valence-corrected chi connectivity index (χ3v) is 2.26. The smallest absolute Gasteiger partial charge is 0.121 e. The van der Waals surface area contributed by atoms with Gasteiger partial charge < -0.3 is 5.32 Å². The monoisotopic (exact) mass is 185 g/mol. The average molecular weight is 186 g/mol. The molecule has 1 nitrogen and oxygen atoms in total. The van der Waals surface area contributed by atoms with Gasteiger partial charge in [-0.1, -0.05) is 17.7 Å². The fourth-order valence-electron chi connectivity index (χ4n) is 1.42. The molecule has 0 radical (unpaired) electrons. The van der Waals surface area contributed by atoms with Gasteiger partial charge in [-0.25, -0.2) is 4.39 Å². The second-order valence-electron chi connectivity index (χ2n) is 2.98. The van der Waals surface area contributed by atoms with Crippen LogP contribution in [0.3, 0.4) is 0 Å². The third kappa shape index (κ3) is 1.39. The maximum atomic E-state index is 12.9. The van der Waals surface area contributed by atoms with Gasteiger partial charge in [0.05, 0.1) is 0 Å². The van der Waals surface area contributed by atoms with Gasteiger partial charge in [-0.2, -0.15) is 0 Å². The predicted octanol–water partition coefficient (Wildman–Crippen LogP) is 2.65. The van der Waals surface area contributed by atoms with Crippen LogP contribution in [0.25, 0.3) is 0 Å². The van der Waals surface area contributed by atoms with Crippen LogP contribution in [0.15, 0.2) is 18.2 Å². The van der Waals surface area contributed by atoms with E-state index < -0.39 is 6.17 Å². The van der Waals surface area contributed by atoms with Gasteiger partial charge >= 0.3 is 0 Å². The summed E-state index contributed by atoms with van der Waals surface area (Å²) in [6, 6.07) is 5.50. The zero-order valence-electron chi connectivity index (χ0n) is 6.48. The van der Waals surface area contributed by atoms with Crippen LogP contribution in [0.1, 0.15) is 5.56 Å². The maximum absolute atomic E-state index is 12.9. The minimum absolute atomic E-state index is 0.396. The van der Waals surface area contributed by atoms with Crippen LogP contribution in [0, 0.1) is 0 Å². The number of fused-ring (bicyclic) bond motifs is 1. The summed E-state index contributed by atoms with van der Waals surface area (Å²) in [5, 5.41) is 3.69. The molecule has 0 spiro atoms. The van der Waals surface area contributed by atoms with Crippen molar-refractivity contribution in [3.05, 3.63) is 28.8 Å². The van der Waals surface area contributed by atoms with Crippen molar-refractivity contribution in [2.24, 2.45) is 0 Å². The van der Waals surface area contributed by atoms with E-state index in [0.29, 0.717) is 18.0 Å². The molecule has 1 heterocycles. The van der Waals surface area contributed by atoms with E-state index in [1.165, 1.54) is 0 Å². The molecule has 0 saturated heterocycles. The largest absolute Gasteiger partial charge is 0.382 e. The van der Waals surface area contributed by atoms with Crippen LogP contribution in [-0.2, 0) is 6.42 Å².